The Morgan fingerprint density at radius 3 is 1.37 bits per heavy atom. The smallest absolute Gasteiger partial charge is 0.340 e. The number of hydrogen-bond donors (Lipinski definition) is 4. The van der Waals surface area contributed by atoms with E-state index in [0.29, 0.717) is 22.3 Å². The molecule has 0 unspecified atom stereocenters. The van der Waals surface area contributed by atoms with Gasteiger partial charge in [-0.1, -0.05) is 36.4 Å². The Bertz CT molecular complexity index is 2000. The van der Waals surface area contributed by atoms with E-state index in [1.807, 2.05) is 24.3 Å². The first-order valence-electron chi connectivity index (χ1n) is 15.8. The summed E-state index contributed by atoms with van der Waals surface area (Å²) in [6.07, 6.45) is 4.13. The summed E-state index contributed by atoms with van der Waals surface area (Å²) in [6, 6.07) is 20.1. The second-order valence-electron chi connectivity index (χ2n) is 12.7. The fourth-order valence-corrected chi connectivity index (χ4v) is 7.36. The van der Waals surface area contributed by atoms with Crippen molar-refractivity contribution in [1.29, 1.82) is 0 Å². The van der Waals surface area contributed by atoms with E-state index in [9.17, 15) is 0 Å². The van der Waals surface area contributed by atoms with Crippen molar-refractivity contribution in [3.05, 3.63) is 95.6 Å². The van der Waals surface area contributed by atoms with Crippen LogP contribution in [0.25, 0.3) is 55.4 Å². The normalized spacial score (nSPS) is 21.6. The number of imidazole rings is 2. The number of aromatic nitrogens is 4. The van der Waals surface area contributed by atoms with E-state index in [4.69, 9.17) is 0 Å². The van der Waals surface area contributed by atoms with Crippen LogP contribution in [0.3, 0.4) is 0 Å². The number of hydrogen-bond acceptors (Lipinski definition) is 4. The van der Waals surface area contributed by atoms with Crippen molar-refractivity contribution in [2.45, 2.75) is 49.6 Å². The van der Waals surface area contributed by atoms with Gasteiger partial charge in [-0.25, -0.2) is 9.97 Å². The Hall–Kier alpha value is -4.54. The molecular weight excluding hydrogens is 592 g/mol. The number of nitrogens with zero attached hydrogens (tertiary/aromatic N) is 2. The molecule has 0 saturated carbocycles. The first-order valence-corrected chi connectivity index (χ1v) is 15.8. The van der Waals surface area contributed by atoms with Crippen LogP contribution in [-0.2, 0) is 11.8 Å². The van der Waals surface area contributed by atoms with Gasteiger partial charge in [0.25, 0.3) is 0 Å². The predicted molar refractivity (Wildman–Crippen MR) is 170 cm³/mol. The largest absolute Gasteiger partial charge is 0.341 e. The molecule has 232 valence electrons. The van der Waals surface area contributed by atoms with Crippen LogP contribution in [0.2, 0.25) is 0 Å². The van der Waals surface area contributed by atoms with E-state index >= 15 is 17.6 Å². The minimum absolute atomic E-state index is 0.108. The van der Waals surface area contributed by atoms with Gasteiger partial charge in [-0.2, -0.15) is 17.6 Å². The number of alkyl halides is 4. The molecular formula is C36H30F4N6. The van der Waals surface area contributed by atoms with Crippen LogP contribution in [0.5, 0.6) is 0 Å². The van der Waals surface area contributed by atoms with Gasteiger partial charge in [-0.15, -0.1) is 0 Å². The third kappa shape index (κ3) is 4.16. The minimum Gasteiger partial charge on any atom is -0.341 e. The lowest BCUT2D eigenvalue weighted by atomic mass is 9.78. The van der Waals surface area contributed by atoms with Crippen molar-refractivity contribution in [2.24, 2.45) is 0 Å². The van der Waals surface area contributed by atoms with Crippen molar-refractivity contribution in [3.8, 4) is 33.4 Å². The first kappa shape index (κ1) is 27.7. The number of benzene rings is 4. The lowest BCUT2D eigenvalue weighted by Gasteiger charge is -2.35. The summed E-state index contributed by atoms with van der Waals surface area (Å²) in [5.41, 5.74) is 4.10. The van der Waals surface area contributed by atoms with Crippen LogP contribution < -0.4 is 10.6 Å². The maximum atomic E-state index is 15.9. The number of nitrogens with one attached hydrogen (secondary N) is 4. The fourth-order valence-electron chi connectivity index (χ4n) is 7.36. The second kappa shape index (κ2) is 9.98. The topological polar surface area (TPSA) is 81.4 Å². The highest BCUT2D eigenvalue weighted by molar-refractivity contribution is 5.87. The quantitative estimate of drug-likeness (QED) is 0.149. The standard InChI is InChI=1S/C36H30F4N6/c37-35(38)25-15-19(21-7-11-27-31(17-21)45-33(43-27)29-3-1-13-41-29)5-9-23(25)24-10-6-20(16-26(24)36(35,39)40)22-8-12-28-32(18-22)46-34(44-28)30-4-2-14-42-30/h5-12,15-18,29-30,41-42H,1-4,13-14H2,(H,43,45)(H,44,46)/t29-,30-/m0/s1. The Balaban J connectivity index is 1.09. The summed E-state index contributed by atoms with van der Waals surface area (Å²) in [4.78, 5) is 16.1. The summed E-state index contributed by atoms with van der Waals surface area (Å²) in [6.45, 7) is 1.87. The maximum Gasteiger partial charge on any atom is 0.340 e. The van der Waals surface area contributed by atoms with Crippen molar-refractivity contribution < 1.29 is 17.6 Å². The molecule has 4 aromatic carbocycles. The van der Waals surface area contributed by atoms with Crippen LogP contribution >= 0.6 is 0 Å². The van der Waals surface area contributed by atoms with Crippen molar-refractivity contribution in [2.75, 3.05) is 13.1 Å². The van der Waals surface area contributed by atoms with E-state index in [2.05, 4.69) is 30.6 Å². The number of rotatable bonds is 4. The highest BCUT2D eigenvalue weighted by atomic mass is 19.3. The molecule has 9 rings (SSSR count). The van der Waals surface area contributed by atoms with Gasteiger partial charge < -0.3 is 20.6 Å². The van der Waals surface area contributed by atoms with Crippen LogP contribution in [0.1, 0.15) is 60.5 Å². The van der Waals surface area contributed by atoms with Crippen LogP contribution in [0.4, 0.5) is 17.6 Å². The Morgan fingerprint density at radius 1 is 0.543 bits per heavy atom. The summed E-state index contributed by atoms with van der Waals surface area (Å²) in [5, 5.41) is 6.83. The molecule has 4 N–H and O–H groups in total. The number of aromatic amines is 2. The molecule has 0 bridgehead atoms. The summed E-state index contributed by atoms with van der Waals surface area (Å²) in [7, 11) is 0. The van der Waals surface area contributed by atoms with Gasteiger partial charge >= 0.3 is 11.8 Å². The molecule has 1 aliphatic carbocycles. The molecule has 0 spiro atoms. The minimum atomic E-state index is -4.42. The van der Waals surface area contributed by atoms with Gasteiger partial charge in [-0.05, 0) is 109 Å². The van der Waals surface area contributed by atoms with Gasteiger partial charge in [0.15, 0.2) is 0 Å². The lowest BCUT2D eigenvalue weighted by Crippen LogP contribution is -2.39. The monoisotopic (exact) mass is 622 g/mol. The molecule has 3 aliphatic rings. The van der Waals surface area contributed by atoms with Gasteiger partial charge in [0.05, 0.1) is 34.2 Å². The van der Waals surface area contributed by atoms with E-state index in [-0.39, 0.29) is 23.2 Å². The third-order valence-electron chi connectivity index (χ3n) is 9.85. The van der Waals surface area contributed by atoms with Crippen LogP contribution in [-0.4, -0.2) is 33.0 Å². The number of halogens is 4. The van der Waals surface area contributed by atoms with E-state index in [1.165, 1.54) is 24.3 Å². The second-order valence-corrected chi connectivity index (χ2v) is 12.7. The SMILES string of the molecule is FC1(F)c2cc(-c3ccc4nc([C@@H]5CCCN5)[nH]c4c3)ccc2-c2ccc(-c3ccc4nc([C@@H]5CCCN5)[nH]c4c3)cc2C1(F)F. The molecule has 0 amide bonds. The van der Waals surface area contributed by atoms with E-state index < -0.39 is 23.0 Å². The average molecular weight is 623 g/mol. The Morgan fingerprint density at radius 2 is 0.957 bits per heavy atom. The molecule has 6 nitrogen and oxygen atoms in total. The van der Waals surface area contributed by atoms with Gasteiger partial charge in [0, 0.05) is 11.1 Å². The molecule has 2 saturated heterocycles. The zero-order chi connectivity index (χ0) is 31.2. The van der Waals surface area contributed by atoms with E-state index in [0.717, 1.165) is 72.5 Å². The third-order valence-corrected chi connectivity index (χ3v) is 9.85. The molecule has 6 aromatic rings. The first-order chi connectivity index (χ1) is 22.3. The Kier molecular flexibility index (Phi) is 6.02. The van der Waals surface area contributed by atoms with Crippen molar-refractivity contribution in [1.82, 2.24) is 30.6 Å². The Labute approximate surface area is 261 Å². The average Bonchev–Trinajstić information content (AvgIpc) is 3.89. The van der Waals surface area contributed by atoms with Gasteiger partial charge in [0.2, 0.25) is 0 Å². The summed E-state index contributed by atoms with van der Waals surface area (Å²) < 4.78 is 63.5. The molecule has 2 aromatic heterocycles. The van der Waals surface area contributed by atoms with Gasteiger partial charge in [0.1, 0.15) is 11.6 Å². The summed E-state index contributed by atoms with van der Waals surface area (Å²) >= 11 is 0. The molecule has 10 heteroatoms. The molecule has 46 heavy (non-hydrogen) atoms. The van der Waals surface area contributed by atoms with E-state index in [1.54, 1.807) is 24.3 Å². The highest BCUT2D eigenvalue weighted by Gasteiger charge is 2.62. The fraction of sp³-hybridized carbons (Fsp3) is 0.278. The molecule has 2 fully saturated rings. The van der Waals surface area contributed by atoms with Crippen molar-refractivity contribution >= 4 is 22.1 Å². The number of H-pyrrole nitrogens is 2. The van der Waals surface area contributed by atoms with Crippen LogP contribution in [0, 0.1) is 0 Å². The van der Waals surface area contributed by atoms with Crippen LogP contribution in [0.15, 0.2) is 72.8 Å². The zero-order valence-electron chi connectivity index (χ0n) is 24.7. The maximum absolute atomic E-state index is 15.9. The lowest BCUT2D eigenvalue weighted by molar-refractivity contribution is -0.225. The molecule has 2 atom stereocenters. The zero-order valence-corrected chi connectivity index (χ0v) is 24.7. The molecule has 0 radical (unpaired) electrons. The van der Waals surface area contributed by atoms with Crippen molar-refractivity contribution in [3.63, 3.8) is 0 Å². The highest BCUT2D eigenvalue weighted by Crippen LogP contribution is 2.58. The molecule has 4 heterocycles. The predicted octanol–water partition coefficient (Wildman–Crippen LogP) is 8.49. The summed E-state index contributed by atoms with van der Waals surface area (Å²) in [5.74, 6) is -7.15. The van der Waals surface area contributed by atoms with Gasteiger partial charge in [-0.3, -0.25) is 0 Å². The molecule has 2 aliphatic heterocycles. The number of fused-ring (bicyclic) bond motifs is 5.